The minimum absolute atomic E-state index is 0.0408. The van der Waals surface area contributed by atoms with Crippen LogP contribution in [0.1, 0.15) is 44.7 Å². The summed E-state index contributed by atoms with van der Waals surface area (Å²) in [4.78, 5) is 2.48. The molecule has 1 aromatic rings. The van der Waals surface area contributed by atoms with E-state index in [1.165, 1.54) is 31.4 Å². The molecular weight excluding hydrogens is 239 g/mol. The fourth-order valence-electron chi connectivity index (χ4n) is 3.07. The maximum Gasteiger partial charge on any atom is 0.123 e. The van der Waals surface area contributed by atoms with E-state index in [4.69, 9.17) is 5.73 Å². The lowest BCUT2D eigenvalue weighted by molar-refractivity contribution is 0.218. The highest BCUT2D eigenvalue weighted by Gasteiger charge is 2.28. The molecule has 0 bridgehead atoms. The Kier molecular flexibility index (Phi) is 4.94. The van der Waals surface area contributed by atoms with Gasteiger partial charge in [-0.2, -0.15) is 0 Å². The van der Waals surface area contributed by atoms with E-state index in [1.807, 2.05) is 0 Å². The predicted octanol–water partition coefficient (Wildman–Crippen LogP) is 3.34. The van der Waals surface area contributed by atoms with Crippen LogP contribution >= 0.6 is 0 Å². The van der Waals surface area contributed by atoms with Gasteiger partial charge in [-0.1, -0.05) is 25.5 Å². The number of hydrogen-bond donors (Lipinski definition) is 1. The molecule has 0 aromatic heterocycles. The molecule has 2 N–H and O–H groups in total. The zero-order chi connectivity index (χ0) is 13.8. The van der Waals surface area contributed by atoms with Crippen molar-refractivity contribution >= 4 is 0 Å². The van der Waals surface area contributed by atoms with Crippen LogP contribution < -0.4 is 5.73 Å². The second kappa shape index (κ2) is 6.49. The fourth-order valence-corrected chi connectivity index (χ4v) is 3.07. The van der Waals surface area contributed by atoms with Crippen LogP contribution in [0.25, 0.3) is 0 Å². The standard InChI is InChI=1S/C16H25FN2/c1-3-4-13-9-10-19(11-13)12(2)16(18)14-5-7-15(17)8-6-14/h5-8,12-13,16H,3-4,9-11,18H2,1-2H3. The van der Waals surface area contributed by atoms with Crippen molar-refractivity contribution in [2.24, 2.45) is 11.7 Å². The van der Waals surface area contributed by atoms with Gasteiger partial charge in [0.15, 0.2) is 0 Å². The van der Waals surface area contributed by atoms with E-state index in [-0.39, 0.29) is 11.9 Å². The molecule has 1 heterocycles. The van der Waals surface area contributed by atoms with Gasteiger partial charge in [0.2, 0.25) is 0 Å². The van der Waals surface area contributed by atoms with E-state index in [1.54, 1.807) is 12.1 Å². The smallest absolute Gasteiger partial charge is 0.123 e. The molecule has 0 amide bonds. The first-order chi connectivity index (χ1) is 9.11. The lowest BCUT2D eigenvalue weighted by atomic mass is 10.00. The number of nitrogens with two attached hydrogens (primary N) is 1. The first-order valence-corrected chi connectivity index (χ1v) is 7.37. The molecule has 0 aliphatic carbocycles. The molecule has 3 atom stereocenters. The molecular formula is C16H25FN2. The monoisotopic (exact) mass is 264 g/mol. The van der Waals surface area contributed by atoms with Crippen molar-refractivity contribution in [1.29, 1.82) is 0 Å². The Morgan fingerprint density at radius 2 is 2.05 bits per heavy atom. The molecule has 19 heavy (non-hydrogen) atoms. The van der Waals surface area contributed by atoms with Gasteiger partial charge in [-0.25, -0.2) is 4.39 Å². The molecule has 2 nitrogen and oxygen atoms in total. The van der Waals surface area contributed by atoms with E-state index in [0.29, 0.717) is 6.04 Å². The summed E-state index contributed by atoms with van der Waals surface area (Å²) in [5, 5.41) is 0. The molecule has 0 radical (unpaired) electrons. The summed E-state index contributed by atoms with van der Waals surface area (Å²) in [6.07, 6.45) is 3.86. The normalized spacial score (nSPS) is 23.5. The van der Waals surface area contributed by atoms with E-state index in [0.717, 1.165) is 24.6 Å². The Labute approximate surface area is 115 Å². The highest BCUT2D eigenvalue weighted by molar-refractivity contribution is 5.21. The molecule has 2 rings (SSSR count). The molecule has 1 saturated heterocycles. The number of rotatable bonds is 5. The summed E-state index contributed by atoms with van der Waals surface area (Å²) in [5.74, 6) is 0.626. The number of halogens is 1. The minimum Gasteiger partial charge on any atom is -0.323 e. The summed E-state index contributed by atoms with van der Waals surface area (Å²) < 4.78 is 12.9. The molecule has 3 unspecified atom stereocenters. The first kappa shape index (κ1) is 14.5. The van der Waals surface area contributed by atoms with Crippen molar-refractivity contribution < 1.29 is 4.39 Å². The average Bonchev–Trinajstić information content (AvgIpc) is 2.87. The average molecular weight is 264 g/mol. The van der Waals surface area contributed by atoms with Gasteiger partial charge in [-0.05, 0) is 49.9 Å². The van der Waals surface area contributed by atoms with Gasteiger partial charge >= 0.3 is 0 Å². The zero-order valence-electron chi connectivity index (χ0n) is 12.0. The molecule has 1 aliphatic heterocycles. The third-order valence-electron chi connectivity index (χ3n) is 4.36. The number of nitrogens with zero attached hydrogens (tertiary/aromatic N) is 1. The lowest BCUT2D eigenvalue weighted by Gasteiger charge is -2.30. The molecule has 1 aromatic carbocycles. The van der Waals surface area contributed by atoms with Crippen molar-refractivity contribution in [3.8, 4) is 0 Å². The summed E-state index contributed by atoms with van der Waals surface area (Å²) in [6, 6.07) is 6.86. The van der Waals surface area contributed by atoms with Gasteiger partial charge in [0.05, 0.1) is 0 Å². The Morgan fingerprint density at radius 1 is 1.37 bits per heavy atom. The van der Waals surface area contributed by atoms with Crippen LogP contribution in [-0.4, -0.2) is 24.0 Å². The second-order valence-corrected chi connectivity index (χ2v) is 5.76. The van der Waals surface area contributed by atoms with Crippen molar-refractivity contribution in [3.05, 3.63) is 35.6 Å². The second-order valence-electron chi connectivity index (χ2n) is 5.76. The van der Waals surface area contributed by atoms with Gasteiger partial charge in [0.1, 0.15) is 5.82 Å². The fraction of sp³-hybridized carbons (Fsp3) is 0.625. The Balaban J connectivity index is 1.96. The molecule has 1 fully saturated rings. The van der Waals surface area contributed by atoms with Gasteiger partial charge < -0.3 is 5.73 Å². The van der Waals surface area contributed by atoms with E-state index < -0.39 is 0 Å². The van der Waals surface area contributed by atoms with Gasteiger partial charge in [-0.15, -0.1) is 0 Å². The third kappa shape index (κ3) is 3.54. The molecule has 106 valence electrons. The highest BCUT2D eigenvalue weighted by Crippen LogP contribution is 2.27. The van der Waals surface area contributed by atoms with Crippen LogP contribution in [0.2, 0.25) is 0 Å². The molecule has 1 aliphatic rings. The molecule has 0 spiro atoms. The quantitative estimate of drug-likeness (QED) is 0.884. The van der Waals surface area contributed by atoms with Crippen molar-refractivity contribution in [3.63, 3.8) is 0 Å². The maximum atomic E-state index is 12.9. The van der Waals surface area contributed by atoms with Crippen LogP contribution in [0.5, 0.6) is 0 Å². The Hall–Kier alpha value is -0.930. The molecule has 0 saturated carbocycles. The van der Waals surface area contributed by atoms with Crippen LogP contribution in [0.4, 0.5) is 4.39 Å². The summed E-state index contributed by atoms with van der Waals surface area (Å²) in [5.41, 5.74) is 7.34. The minimum atomic E-state index is -0.201. The van der Waals surface area contributed by atoms with Crippen molar-refractivity contribution in [2.75, 3.05) is 13.1 Å². The number of benzene rings is 1. The van der Waals surface area contributed by atoms with Crippen molar-refractivity contribution in [2.45, 2.75) is 45.2 Å². The zero-order valence-corrected chi connectivity index (χ0v) is 12.0. The SMILES string of the molecule is CCCC1CCN(C(C)C(N)c2ccc(F)cc2)C1. The largest absolute Gasteiger partial charge is 0.323 e. The van der Waals surface area contributed by atoms with Crippen LogP contribution in [0, 0.1) is 11.7 Å². The molecule has 3 heteroatoms. The highest BCUT2D eigenvalue weighted by atomic mass is 19.1. The lowest BCUT2D eigenvalue weighted by Crippen LogP contribution is -2.39. The van der Waals surface area contributed by atoms with Crippen LogP contribution in [0.15, 0.2) is 24.3 Å². The van der Waals surface area contributed by atoms with Crippen LogP contribution in [0.3, 0.4) is 0 Å². The summed E-state index contributed by atoms with van der Waals surface area (Å²) in [6.45, 7) is 6.73. The van der Waals surface area contributed by atoms with Gasteiger partial charge in [-0.3, -0.25) is 4.90 Å². The number of likely N-dealkylation sites (tertiary alicyclic amines) is 1. The first-order valence-electron chi connectivity index (χ1n) is 7.37. The third-order valence-corrected chi connectivity index (χ3v) is 4.36. The van der Waals surface area contributed by atoms with E-state index in [9.17, 15) is 4.39 Å². The van der Waals surface area contributed by atoms with Crippen LogP contribution in [-0.2, 0) is 0 Å². The maximum absolute atomic E-state index is 12.9. The summed E-state index contributed by atoms with van der Waals surface area (Å²) >= 11 is 0. The predicted molar refractivity (Wildman–Crippen MR) is 77.4 cm³/mol. The van der Waals surface area contributed by atoms with Crippen molar-refractivity contribution in [1.82, 2.24) is 4.90 Å². The van der Waals surface area contributed by atoms with E-state index in [2.05, 4.69) is 18.7 Å². The number of hydrogen-bond acceptors (Lipinski definition) is 2. The summed E-state index contributed by atoms with van der Waals surface area (Å²) in [7, 11) is 0. The Morgan fingerprint density at radius 3 is 2.68 bits per heavy atom. The van der Waals surface area contributed by atoms with Gasteiger partial charge in [0.25, 0.3) is 0 Å². The Bertz CT molecular complexity index is 390. The van der Waals surface area contributed by atoms with E-state index >= 15 is 0 Å². The topological polar surface area (TPSA) is 29.3 Å². The van der Waals surface area contributed by atoms with Gasteiger partial charge in [0, 0.05) is 18.6 Å².